The second-order valence-electron chi connectivity index (χ2n) is 33.8. The van der Waals surface area contributed by atoms with Gasteiger partial charge in [-0.3, -0.25) is 37.3 Å². The van der Waals surface area contributed by atoms with Crippen molar-refractivity contribution in [2.75, 3.05) is 39.6 Å². The molecule has 0 aromatic heterocycles. The van der Waals surface area contributed by atoms with Crippen molar-refractivity contribution >= 4 is 39.5 Å². The minimum Gasteiger partial charge on any atom is -0.462 e. The first-order valence-electron chi connectivity index (χ1n) is 47.5. The topological polar surface area (TPSA) is 237 Å². The zero-order chi connectivity index (χ0) is 81.3. The van der Waals surface area contributed by atoms with Crippen molar-refractivity contribution in [2.24, 2.45) is 11.8 Å². The molecule has 0 aliphatic carbocycles. The van der Waals surface area contributed by atoms with Gasteiger partial charge in [0.15, 0.2) is 12.2 Å². The maximum Gasteiger partial charge on any atom is 0.472 e. The molecular weight excluding hydrogens is 1440 g/mol. The summed E-state index contributed by atoms with van der Waals surface area (Å²) >= 11 is 0. The van der Waals surface area contributed by atoms with Crippen LogP contribution in [0.4, 0.5) is 0 Å². The fourth-order valence-electron chi connectivity index (χ4n) is 14.4. The SMILES string of the molecule is CCCCCCCCCCCCCCCCCCCCCCCCC(=O)OC[C@H](COP(=O)(O)OC[C@@H](O)COP(=O)(O)OC[C@@H](COC(=O)CCCCCCCCCCCCC(C)C)OC(=O)CCCCCCCCCCCCC(C)CC)OC(=O)CCCCCCCCCCCCCCCCCCCCCCCC. The predicted octanol–water partition coefficient (Wildman–Crippen LogP) is 28.6. The molecule has 0 aromatic rings. The normalized spacial score (nSPS) is 14.0. The third kappa shape index (κ3) is 84.3. The van der Waals surface area contributed by atoms with Gasteiger partial charge < -0.3 is 33.8 Å². The molecule has 19 heteroatoms. The van der Waals surface area contributed by atoms with Gasteiger partial charge in [0.1, 0.15) is 19.3 Å². The molecule has 0 bridgehead atoms. The van der Waals surface area contributed by atoms with Crippen LogP contribution in [0.5, 0.6) is 0 Å². The van der Waals surface area contributed by atoms with Crippen LogP contribution in [0.1, 0.15) is 497 Å². The fraction of sp³-hybridized carbons (Fsp3) is 0.957. The van der Waals surface area contributed by atoms with E-state index in [1.54, 1.807) is 0 Å². The van der Waals surface area contributed by atoms with Crippen LogP contribution >= 0.6 is 15.6 Å². The molecule has 0 radical (unpaired) electrons. The van der Waals surface area contributed by atoms with Gasteiger partial charge in [-0.05, 0) is 37.5 Å². The van der Waals surface area contributed by atoms with Crippen molar-refractivity contribution in [2.45, 2.75) is 516 Å². The van der Waals surface area contributed by atoms with E-state index >= 15 is 0 Å². The van der Waals surface area contributed by atoms with Gasteiger partial charge >= 0.3 is 39.5 Å². The molecule has 0 spiro atoms. The third-order valence-corrected chi connectivity index (χ3v) is 24.0. The Bertz CT molecular complexity index is 2120. The van der Waals surface area contributed by atoms with E-state index in [-0.39, 0.29) is 25.7 Å². The Balaban J connectivity index is 5.23. The molecule has 17 nitrogen and oxygen atoms in total. The number of aliphatic hydroxyl groups excluding tert-OH is 1. The molecule has 660 valence electrons. The van der Waals surface area contributed by atoms with Gasteiger partial charge in [-0.25, -0.2) is 9.13 Å². The van der Waals surface area contributed by atoms with Gasteiger partial charge in [0.25, 0.3) is 0 Å². The molecule has 0 fully saturated rings. The highest BCUT2D eigenvalue weighted by molar-refractivity contribution is 7.47. The van der Waals surface area contributed by atoms with E-state index in [1.807, 2.05) is 0 Å². The lowest BCUT2D eigenvalue weighted by molar-refractivity contribution is -0.161. The number of esters is 4. The third-order valence-electron chi connectivity index (χ3n) is 22.1. The Kier molecular flexibility index (Phi) is 81.7. The average Bonchev–Trinajstić information content (AvgIpc) is 0.898. The maximum atomic E-state index is 13.2. The fourth-order valence-corrected chi connectivity index (χ4v) is 16.0. The summed E-state index contributed by atoms with van der Waals surface area (Å²) < 4.78 is 69.1. The van der Waals surface area contributed by atoms with Gasteiger partial charge in [-0.1, -0.05) is 446 Å². The summed E-state index contributed by atoms with van der Waals surface area (Å²) in [6, 6.07) is 0. The Morgan fingerprint density at radius 3 is 0.685 bits per heavy atom. The first kappa shape index (κ1) is 109. The smallest absolute Gasteiger partial charge is 0.462 e. The summed E-state index contributed by atoms with van der Waals surface area (Å²) in [5, 5.41) is 10.7. The molecule has 3 N–H and O–H groups in total. The molecule has 111 heavy (non-hydrogen) atoms. The molecule has 0 rings (SSSR count). The first-order valence-corrected chi connectivity index (χ1v) is 50.5. The van der Waals surface area contributed by atoms with Crippen molar-refractivity contribution in [1.29, 1.82) is 0 Å². The van der Waals surface area contributed by atoms with E-state index in [4.69, 9.17) is 37.0 Å². The van der Waals surface area contributed by atoms with Crippen LogP contribution in [0.15, 0.2) is 0 Å². The van der Waals surface area contributed by atoms with Crippen molar-refractivity contribution in [1.82, 2.24) is 0 Å². The zero-order valence-corrected chi connectivity index (χ0v) is 75.1. The first-order chi connectivity index (χ1) is 53.9. The number of phosphoric acid groups is 2. The van der Waals surface area contributed by atoms with Crippen LogP contribution < -0.4 is 0 Å². The number of phosphoric ester groups is 2. The van der Waals surface area contributed by atoms with Gasteiger partial charge in [0.05, 0.1) is 26.4 Å². The molecule has 0 saturated carbocycles. The number of aliphatic hydroxyl groups is 1. The molecule has 6 atom stereocenters. The highest BCUT2D eigenvalue weighted by Crippen LogP contribution is 2.45. The Hall–Kier alpha value is -1.94. The summed E-state index contributed by atoms with van der Waals surface area (Å²) in [6.45, 7) is 9.72. The van der Waals surface area contributed by atoms with Gasteiger partial charge in [0, 0.05) is 25.7 Å². The second-order valence-corrected chi connectivity index (χ2v) is 36.7. The van der Waals surface area contributed by atoms with E-state index in [0.717, 1.165) is 102 Å². The molecule has 3 unspecified atom stereocenters. The standard InChI is InChI=1S/C92H180O17P2/c1-7-10-12-14-16-18-20-22-24-26-28-30-32-34-36-38-40-42-50-56-62-68-74-89(94)102-80-87(108-91(96)76-70-64-58-52-43-41-39-37-35-33-31-29-27-25-23-21-19-17-15-13-11-8-2)82-106-110(98,99)104-78-86(93)79-105-111(100,101)107-83-88(81-103-90(95)75-69-63-57-51-46-44-48-54-60-66-72-84(4)5)109-92(97)77-71-65-59-53-47-45-49-55-61-67-73-85(6)9-3/h84-88,93H,7-83H2,1-6H3,(H,98,99)(H,100,101)/t85?,86-,87-,88-/m1/s1. The molecule has 0 saturated heterocycles. The maximum absolute atomic E-state index is 13.2. The zero-order valence-electron chi connectivity index (χ0n) is 73.3. The van der Waals surface area contributed by atoms with Crippen LogP contribution in [0.3, 0.4) is 0 Å². The lowest BCUT2D eigenvalue weighted by atomic mass is 9.99. The lowest BCUT2D eigenvalue weighted by Crippen LogP contribution is -2.30. The van der Waals surface area contributed by atoms with E-state index in [0.29, 0.717) is 25.7 Å². The quantitative estimate of drug-likeness (QED) is 0.0222. The monoisotopic (exact) mass is 1620 g/mol. The Morgan fingerprint density at radius 2 is 0.459 bits per heavy atom. The van der Waals surface area contributed by atoms with Crippen LogP contribution in [0, 0.1) is 11.8 Å². The number of carbonyl (C=O) groups is 4. The minimum atomic E-state index is -4.97. The summed E-state index contributed by atoms with van der Waals surface area (Å²) in [7, 11) is -9.94. The molecule has 0 amide bonds. The molecule has 0 aromatic carbocycles. The summed E-state index contributed by atoms with van der Waals surface area (Å²) in [4.78, 5) is 73.4. The largest absolute Gasteiger partial charge is 0.472 e. The van der Waals surface area contributed by atoms with E-state index in [9.17, 15) is 43.2 Å². The highest BCUT2D eigenvalue weighted by atomic mass is 31.2. The predicted molar refractivity (Wildman–Crippen MR) is 460 cm³/mol. The highest BCUT2D eigenvalue weighted by Gasteiger charge is 2.31. The Labute approximate surface area is 683 Å². The molecular formula is C92H180O17P2. The van der Waals surface area contributed by atoms with Crippen LogP contribution in [-0.2, 0) is 65.4 Å². The number of carbonyl (C=O) groups excluding carboxylic acids is 4. The number of rotatable bonds is 91. The lowest BCUT2D eigenvalue weighted by Gasteiger charge is -2.21. The molecule has 0 heterocycles. The molecule has 0 aliphatic heterocycles. The van der Waals surface area contributed by atoms with E-state index < -0.39 is 97.5 Å². The minimum absolute atomic E-state index is 0.107. The van der Waals surface area contributed by atoms with Gasteiger partial charge in [-0.2, -0.15) is 0 Å². The number of unbranched alkanes of at least 4 members (excludes halogenated alkanes) is 60. The van der Waals surface area contributed by atoms with Crippen molar-refractivity contribution < 1.29 is 80.2 Å². The number of ether oxygens (including phenoxy) is 4. The summed E-state index contributed by atoms with van der Waals surface area (Å²) in [5.41, 5.74) is 0. The molecule has 0 aliphatic rings. The van der Waals surface area contributed by atoms with Crippen molar-refractivity contribution in [3.05, 3.63) is 0 Å². The van der Waals surface area contributed by atoms with Gasteiger partial charge in [-0.15, -0.1) is 0 Å². The van der Waals surface area contributed by atoms with Gasteiger partial charge in [0.2, 0.25) is 0 Å². The number of hydrogen-bond donors (Lipinski definition) is 3. The summed E-state index contributed by atoms with van der Waals surface area (Å²) in [5.74, 6) is -0.536. The summed E-state index contributed by atoms with van der Waals surface area (Å²) in [6.07, 6.45) is 78.0. The van der Waals surface area contributed by atoms with Crippen LogP contribution in [0.2, 0.25) is 0 Å². The van der Waals surface area contributed by atoms with E-state index in [1.165, 1.54) is 315 Å². The van der Waals surface area contributed by atoms with Crippen molar-refractivity contribution in [3.8, 4) is 0 Å². The Morgan fingerprint density at radius 1 is 0.261 bits per heavy atom. The van der Waals surface area contributed by atoms with Crippen LogP contribution in [-0.4, -0.2) is 96.7 Å². The van der Waals surface area contributed by atoms with Crippen molar-refractivity contribution in [3.63, 3.8) is 0 Å². The second kappa shape index (κ2) is 83.1. The number of hydrogen-bond acceptors (Lipinski definition) is 15. The van der Waals surface area contributed by atoms with Crippen LogP contribution in [0.25, 0.3) is 0 Å². The van der Waals surface area contributed by atoms with E-state index in [2.05, 4.69) is 41.5 Å². The average molecular weight is 1620 g/mol.